The highest BCUT2D eigenvalue weighted by Crippen LogP contribution is 2.45. The molecule has 3 unspecified atom stereocenters. The first-order valence-corrected chi connectivity index (χ1v) is 17.3. The Hall–Kier alpha value is -0.960. The third-order valence-corrected chi connectivity index (χ3v) is 8.02. The van der Waals surface area contributed by atoms with Crippen molar-refractivity contribution in [2.24, 2.45) is 0 Å². The number of phosphoric acid groups is 1. The zero-order valence-electron chi connectivity index (χ0n) is 27.7. The number of nitrogens with zero attached hydrogens (tertiary/aromatic N) is 2. The molecule has 0 aromatic carbocycles. The van der Waals surface area contributed by atoms with Gasteiger partial charge in [-0.15, -0.1) is 0 Å². The van der Waals surface area contributed by atoms with E-state index >= 15 is 0 Å². The van der Waals surface area contributed by atoms with Gasteiger partial charge < -0.3 is 18.9 Å². The Morgan fingerprint density at radius 1 is 0.976 bits per heavy atom. The molecule has 1 amide bonds. The Morgan fingerprint density at radius 3 is 2.02 bits per heavy atom. The third-order valence-electron chi connectivity index (χ3n) is 7.03. The van der Waals surface area contributed by atoms with Crippen LogP contribution in [0, 0.1) is 0 Å². The van der Waals surface area contributed by atoms with Gasteiger partial charge in [0.1, 0.15) is 30.6 Å². The fraction of sp³-hybridized carbons (Fsp3) is 0.903. The molecule has 0 aliphatic carbocycles. The van der Waals surface area contributed by atoms with E-state index in [0.717, 1.165) is 12.8 Å². The number of likely N-dealkylation sites (N-methyl/N-ethyl adjacent to an activating group) is 1. The molecule has 0 spiro atoms. The maximum Gasteiger partial charge on any atom is 0.472 e. The lowest BCUT2D eigenvalue weighted by Crippen LogP contribution is -2.51. The summed E-state index contributed by atoms with van der Waals surface area (Å²) < 4.78 is 35.7. The molecular formula is C31H62N2O7P+. The van der Waals surface area contributed by atoms with Crippen molar-refractivity contribution in [3.05, 3.63) is 12.2 Å². The molecule has 0 radical (unpaired) electrons. The van der Waals surface area contributed by atoms with Gasteiger partial charge in [0.05, 0.1) is 33.8 Å². The van der Waals surface area contributed by atoms with Crippen LogP contribution in [0.1, 0.15) is 119 Å². The van der Waals surface area contributed by atoms with E-state index in [1.165, 1.54) is 69.1 Å². The number of ether oxygens (including phenoxy) is 2. The SMILES string of the molecule is CCCCCCCCCCCCCC=CC1OC(C)(C)N(C(=O)OC(C)(C)C)C1COP(=O)(O)OCC[N+](C)(C)C. The molecule has 1 fully saturated rings. The number of hydrogen-bond acceptors (Lipinski definition) is 6. The largest absolute Gasteiger partial charge is 0.472 e. The van der Waals surface area contributed by atoms with Gasteiger partial charge in [-0.05, 0) is 47.5 Å². The minimum absolute atomic E-state index is 0.0714. The zero-order valence-corrected chi connectivity index (χ0v) is 28.5. The average Bonchev–Trinajstić information content (AvgIpc) is 3.08. The number of carbonyl (C=O) groups excluding carboxylic acids is 1. The highest BCUT2D eigenvalue weighted by Gasteiger charge is 2.51. The second-order valence-corrected chi connectivity index (χ2v) is 15.3. The van der Waals surface area contributed by atoms with Crippen LogP contribution in [0.25, 0.3) is 0 Å². The lowest BCUT2D eigenvalue weighted by atomic mass is 10.0. The zero-order chi connectivity index (χ0) is 31.2. The molecule has 10 heteroatoms. The second-order valence-electron chi connectivity index (χ2n) is 13.8. The number of unbranched alkanes of at least 4 members (excludes halogenated alkanes) is 11. The van der Waals surface area contributed by atoms with Crippen molar-refractivity contribution in [3.8, 4) is 0 Å². The van der Waals surface area contributed by atoms with Gasteiger partial charge in [-0.25, -0.2) is 9.36 Å². The van der Waals surface area contributed by atoms with Crippen LogP contribution in [-0.4, -0.2) is 84.7 Å². The minimum atomic E-state index is -4.33. The number of amides is 1. The van der Waals surface area contributed by atoms with Gasteiger partial charge in [-0.2, -0.15) is 0 Å². The monoisotopic (exact) mass is 605 g/mol. The van der Waals surface area contributed by atoms with Crippen molar-refractivity contribution in [1.82, 2.24) is 4.90 Å². The summed E-state index contributed by atoms with van der Waals surface area (Å²) in [5.41, 5.74) is -1.70. The summed E-state index contributed by atoms with van der Waals surface area (Å²) in [6.45, 7) is 11.6. The predicted octanol–water partition coefficient (Wildman–Crippen LogP) is 7.82. The standard InChI is InChI=1S/C31H61N2O7P/c1-10-11-12-13-14-15-16-17-18-19-20-21-22-23-28-27(26-38-41(35,36)37-25-24-33(7,8)9)32(31(5,6)39-28)29(34)40-30(2,3)4/h22-23,27-28H,10-21,24-26H2,1-9H3/p+1. The van der Waals surface area contributed by atoms with Crippen LogP contribution in [0.4, 0.5) is 4.79 Å². The van der Waals surface area contributed by atoms with Gasteiger partial charge in [0.25, 0.3) is 0 Å². The van der Waals surface area contributed by atoms with E-state index in [2.05, 4.69) is 13.0 Å². The maximum absolute atomic E-state index is 13.2. The van der Waals surface area contributed by atoms with Gasteiger partial charge in [-0.1, -0.05) is 83.3 Å². The smallest absolute Gasteiger partial charge is 0.444 e. The van der Waals surface area contributed by atoms with Gasteiger partial charge >= 0.3 is 13.9 Å². The number of phosphoric ester groups is 1. The quantitative estimate of drug-likeness (QED) is 0.0654. The van der Waals surface area contributed by atoms with Crippen molar-refractivity contribution < 1.29 is 37.3 Å². The highest BCUT2D eigenvalue weighted by molar-refractivity contribution is 7.47. The van der Waals surface area contributed by atoms with E-state index in [1.54, 1.807) is 34.6 Å². The minimum Gasteiger partial charge on any atom is -0.444 e. The van der Waals surface area contributed by atoms with Crippen LogP contribution in [0.2, 0.25) is 0 Å². The summed E-state index contributed by atoms with van der Waals surface area (Å²) in [5, 5.41) is 0. The topological polar surface area (TPSA) is 94.5 Å². The van der Waals surface area contributed by atoms with Crippen LogP contribution in [-0.2, 0) is 23.1 Å². The fourth-order valence-corrected chi connectivity index (χ4v) is 5.54. The number of allylic oxidation sites excluding steroid dienone is 1. The third kappa shape index (κ3) is 17.1. The Labute approximate surface area is 251 Å². The molecule has 1 saturated heterocycles. The van der Waals surface area contributed by atoms with Crippen LogP contribution in [0.15, 0.2) is 12.2 Å². The molecular weight excluding hydrogens is 543 g/mol. The van der Waals surface area contributed by atoms with Crippen LogP contribution in [0.5, 0.6) is 0 Å². The molecule has 242 valence electrons. The molecule has 0 aromatic heterocycles. The average molecular weight is 606 g/mol. The van der Waals surface area contributed by atoms with Crippen molar-refractivity contribution in [3.63, 3.8) is 0 Å². The summed E-state index contributed by atoms with van der Waals surface area (Å²) in [5.74, 6) is 0. The Balaban J connectivity index is 2.70. The van der Waals surface area contributed by atoms with Crippen molar-refractivity contribution >= 4 is 13.9 Å². The summed E-state index contributed by atoms with van der Waals surface area (Å²) in [6.07, 6.45) is 18.1. The van der Waals surface area contributed by atoms with Crippen LogP contribution < -0.4 is 0 Å². The summed E-state index contributed by atoms with van der Waals surface area (Å²) in [4.78, 5) is 25.0. The molecule has 1 aliphatic heterocycles. The van der Waals surface area contributed by atoms with E-state index in [0.29, 0.717) is 11.0 Å². The van der Waals surface area contributed by atoms with Crippen molar-refractivity contribution in [2.75, 3.05) is 40.9 Å². The number of quaternary nitrogens is 1. The van der Waals surface area contributed by atoms with Gasteiger partial charge in [-0.3, -0.25) is 13.9 Å². The first-order chi connectivity index (χ1) is 19.0. The van der Waals surface area contributed by atoms with Gasteiger partial charge in [0, 0.05) is 0 Å². The van der Waals surface area contributed by atoms with Crippen molar-refractivity contribution in [1.29, 1.82) is 0 Å². The number of carbonyl (C=O) groups is 1. The molecule has 0 aromatic rings. The first kappa shape index (κ1) is 38.1. The summed E-state index contributed by atoms with van der Waals surface area (Å²) in [7, 11) is 1.58. The molecule has 1 heterocycles. The highest BCUT2D eigenvalue weighted by atomic mass is 31.2. The molecule has 1 rings (SSSR count). The molecule has 0 saturated carbocycles. The van der Waals surface area contributed by atoms with E-state index < -0.39 is 37.4 Å². The fourth-order valence-electron chi connectivity index (χ4n) is 4.81. The van der Waals surface area contributed by atoms with Crippen LogP contribution in [0.3, 0.4) is 0 Å². The van der Waals surface area contributed by atoms with E-state index in [-0.39, 0.29) is 13.2 Å². The maximum atomic E-state index is 13.2. The molecule has 1 N–H and O–H groups in total. The molecule has 1 aliphatic rings. The lowest BCUT2D eigenvalue weighted by Gasteiger charge is -2.35. The molecule has 41 heavy (non-hydrogen) atoms. The van der Waals surface area contributed by atoms with Gasteiger partial charge in [0.2, 0.25) is 0 Å². The molecule has 0 bridgehead atoms. The van der Waals surface area contributed by atoms with E-state index in [1.807, 2.05) is 27.2 Å². The number of rotatable bonds is 20. The number of hydrogen-bond donors (Lipinski definition) is 1. The Morgan fingerprint density at radius 2 is 1.51 bits per heavy atom. The second kappa shape index (κ2) is 18.0. The van der Waals surface area contributed by atoms with E-state index in [4.69, 9.17) is 18.5 Å². The lowest BCUT2D eigenvalue weighted by molar-refractivity contribution is -0.870. The first-order valence-electron chi connectivity index (χ1n) is 15.8. The Bertz CT molecular complexity index is 820. The molecule has 3 atom stereocenters. The van der Waals surface area contributed by atoms with Crippen LogP contribution >= 0.6 is 7.82 Å². The predicted molar refractivity (Wildman–Crippen MR) is 166 cm³/mol. The van der Waals surface area contributed by atoms with Gasteiger partial charge in [0.15, 0.2) is 0 Å². The van der Waals surface area contributed by atoms with Crippen molar-refractivity contribution in [2.45, 2.75) is 142 Å². The summed E-state index contributed by atoms with van der Waals surface area (Å²) in [6, 6.07) is -0.657. The molecule has 9 nitrogen and oxygen atoms in total. The Kier molecular flexibility index (Phi) is 16.7. The normalized spacial score (nSPS) is 21.0. The summed E-state index contributed by atoms with van der Waals surface area (Å²) >= 11 is 0. The van der Waals surface area contributed by atoms with E-state index in [9.17, 15) is 14.3 Å².